The first-order chi connectivity index (χ1) is 11.1. The molecule has 8 heteroatoms. The van der Waals surface area contributed by atoms with Crippen molar-refractivity contribution in [1.82, 2.24) is 14.5 Å². The molecule has 0 spiro atoms. The Morgan fingerprint density at radius 2 is 2.00 bits per heavy atom. The number of sulfonamides is 1. The van der Waals surface area contributed by atoms with Crippen molar-refractivity contribution < 1.29 is 13.2 Å². The third-order valence-corrected chi connectivity index (χ3v) is 4.55. The number of pyridine rings is 1. The molecule has 0 bridgehead atoms. The van der Waals surface area contributed by atoms with Gasteiger partial charge in [-0.2, -0.15) is 0 Å². The number of nitrogens with one attached hydrogen (secondary N) is 1. The van der Waals surface area contributed by atoms with E-state index < -0.39 is 10.0 Å². The predicted molar refractivity (Wildman–Crippen MR) is 85.2 cm³/mol. The summed E-state index contributed by atoms with van der Waals surface area (Å²) in [5, 5.41) is 0. The molecule has 0 aliphatic heterocycles. The topological polar surface area (TPSA) is 86.1 Å². The molecule has 0 amide bonds. The van der Waals surface area contributed by atoms with Crippen LogP contribution >= 0.6 is 0 Å². The number of methoxy groups -OCH3 is 1. The SMILES string of the molecule is COc1ccccc1S(=O)(=O)Nc1ccc(-n2ccnc2)nc1. The van der Waals surface area contributed by atoms with Crippen molar-refractivity contribution in [3.63, 3.8) is 0 Å². The number of ether oxygens (including phenoxy) is 1. The van der Waals surface area contributed by atoms with Crippen molar-refractivity contribution in [2.75, 3.05) is 11.8 Å². The van der Waals surface area contributed by atoms with Gasteiger partial charge in [0, 0.05) is 12.4 Å². The smallest absolute Gasteiger partial charge is 0.265 e. The Labute approximate surface area is 133 Å². The standard InChI is InChI=1S/C15H14N4O3S/c1-22-13-4-2-3-5-14(13)23(20,21)18-12-6-7-15(17-10-12)19-9-8-16-11-19/h2-11,18H,1H3. The van der Waals surface area contributed by atoms with Crippen molar-refractivity contribution in [2.24, 2.45) is 0 Å². The highest BCUT2D eigenvalue weighted by Gasteiger charge is 2.19. The molecule has 0 aliphatic carbocycles. The first kappa shape index (κ1) is 15.0. The zero-order valence-corrected chi connectivity index (χ0v) is 13.1. The Morgan fingerprint density at radius 3 is 2.65 bits per heavy atom. The summed E-state index contributed by atoms with van der Waals surface area (Å²) >= 11 is 0. The van der Waals surface area contributed by atoms with Crippen LogP contribution in [0.3, 0.4) is 0 Å². The second kappa shape index (κ2) is 6.09. The van der Waals surface area contributed by atoms with E-state index in [1.165, 1.54) is 19.4 Å². The predicted octanol–water partition coefficient (Wildman–Crippen LogP) is 2.08. The number of nitrogens with zero attached hydrogens (tertiary/aromatic N) is 3. The second-order valence-corrected chi connectivity index (χ2v) is 6.28. The maximum absolute atomic E-state index is 12.5. The summed E-state index contributed by atoms with van der Waals surface area (Å²) in [6, 6.07) is 9.75. The fourth-order valence-electron chi connectivity index (χ4n) is 2.04. The Bertz CT molecular complexity index is 891. The minimum Gasteiger partial charge on any atom is -0.495 e. The van der Waals surface area contributed by atoms with Crippen LogP contribution in [0.4, 0.5) is 5.69 Å². The monoisotopic (exact) mass is 330 g/mol. The van der Waals surface area contributed by atoms with E-state index in [0.717, 1.165) is 0 Å². The Balaban J connectivity index is 1.86. The van der Waals surface area contributed by atoms with Gasteiger partial charge in [-0.15, -0.1) is 0 Å². The van der Waals surface area contributed by atoms with E-state index in [9.17, 15) is 8.42 Å². The molecule has 0 saturated heterocycles. The van der Waals surface area contributed by atoms with Gasteiger partial charge in [-0.3, -0.25) is 9.29 Å². The lowest BCUT2D eigenvalue weighted by Gasteiger charge is -2.11. The van der Waals surface area contributed by atoms with E-state index in [1.54, 1.807) is 53.6 Å². The Hall–Kier alpha value is -2.87. The highest BCUT2D eigenvalue weighted by atomic mass is 32.2. The number of hydrogen-bond donors (Lipinski definition) is 1. The molecule has 7 nitrogen and oxygen atoms in total. The number of hydrogen-bond acceptors (Lipinski definition) is 5. The van der Waals surface area contributed by atoms with E-state index in [2.05, 4.69) is 14.7 Å². The molecule has 23 heavy (non-hydrogen) atoms. The molecule has 0 fully saturated rings. The van der Waals surface area contributed by atoms with Crippen molar-refractivity contribution in [1.29, 1.82) is 0 Å². The van der Waals surface area contributed by atoms with E-state index >= 15 is 0 Å². The summed E-state index contributed by atoms with van der Waals surface area (Å²) in [5.41, 5.74) is 0.361. The number of anilines is 1. The van der Waals surface area contributed by atoms with Crippen LogP contribution in [0.25, 0.3) is 5.82 Å². The Kier molecular flexibility index (Phi) is 3.98. The first-order valence-corrected chi connectivity index (χ1v) is 8.19. The van der Waals surface area contributed by atoms with Gasteiger partial charge in [0.2, 0.25) is 0 Å². The van der Waals surface area contributed by atoms with Gasteiger partial charge < -0.3 is 4.74 Å². The quantitative estimate of drug-likeness (QED) is 0.774. The molecule has 3 aromatic rings. The van der Waals surface area contributed by atoms with Crippen LogP contribution in [-0.2, 0) is 10.0 Å². The summed E-state index contributed by atoms with van der Waals surface area (Å²) in [6.07, 6.45) is 6.45. The molecule has 0 unspecified atom stereocenters. The molecule has 1 aromatic carbocycles. The summed E-state index contributed by atoms with van der Waals surface area (Å²) in [6.45, 7) is 0. The molecular formula is C15H14N4O3S. The molecule has 2 heterocycles. The fourth-order valence-corrected chi connectivity index (χ4v) is 3.26. The molecule has 3 rings (SSSR count). The highest BCUT2D eigenvalue weighted by Crippen LogP contribution is 2.25. The Morgan fingerprint density at radius 1 is 1.17 bits per heavy atom. The van der Waals surface area contributed by atoms with Crippen LogP contribution in [-0.4, -0.2) is 30.1 Å². The van der Waals surface area contributed by atoms with Gasteiger partial charge in [-0.25, -0.2) is 18.4 Å². The summed E-state index contributed by atoms with van der Waals surface area (Å²) in [4.78, 5) is 8.21. The fraction of sp³-hybridized carbons (Fsp3) is 0.0667. The number of benzene rings is 1. The third kappa shape index (κ3) is 3.16. The molecule has 1 N–H and O–H groups in total. The number of rotatable bonds is 5. The van der Waals surface area contributed by atoms with Crippen molar-refractivity contribution >= 4 is 15.7 Å². The van der Waals surface area contributed by atoms with Crippen molar-refractivity contribution in [2.45, 2.75) is 4.90 Å². The molecule has 0 atom stereocenters. The van der Waals surface area contributed by atoms with E-state index in [0.29, 0.717) is 11.5 Å². The molecule has 0 radical (unpaired) electrons. The van der Waals surface area contributed by atoms with E-state index in [1.807, 2.05) is 0 Å². The number of imidazole rings is 1. The van der Waals surface area contributed by atoms with Crippen LogP contribution in [0, 0.1) is 0 Å². The molecule has 0 aliphatic rings. The maximum Gasteiger partial charge on any atom is 0.265 e. The van der Waals surface area contributed by atoms with Gasteiger partial charge in [0.15, 0.2) is 0 Å². The lowest BCUT2D eigenvalue weighted by molar-refractivity contribution is 0.403. The van der Waals surface area contributed by atoms with Gasteiger partial charge in [0.05, 0.1) is 19.0 Å². The van der Waals surface area contributed by atoms with Gasteiger partial charge in [0.1, 0.15) is 22.8 Å². The van der Waals surface area contributed by atoms with Gasteiger partial charge in [0.25, 0.3) is 10.0 Å². The highest BCUT2D eigenvalue weighted by molar-refractivity contribution is 7.92. The molecular weight excluding hydrogens is 316 g/mol. The molecule has 0 saturated carbocycles. The van der Waals surface area contributed by atoms with E-state index in [-0.39, 0.29) is 10.6 Å². The summed E-state index contributed by atoms with van der Waals surface area (Å²) < 4.78 is 34.2. The maximum atomic E-state index is 12.5. The van der Waals surface area contributed by atoms with Crippen LogP contribution in [0.2, 0.25) is 0 Å². The van der Waals surface area contributed by atoms with Crippen LogP contribution in [0.5, 0.6) is 5.75 Å². The zero-order valence-electron chi connectivity index (χ0n) is 12.2. The van der Waals surface area contributed by atoms with Crippen molar-refractivity contribution in [3.8, 4) is 11.6 Å². The lowest BCUT2D eigenvalue weighted by atomic mass is 10.3. The van der Waals surface area contributed by atoms with Gasteiger partial charge >= 0.3 is 0 Å². The molecule has 2 aromatic heterocycles. The van der Waals surface area contributed by atoms with Gasteiger partial charge in [-0.05, 0) is 24.3 Å². The lowest BCUT2D eigenvalue weighted by Crippen LogP contribution is -2.14. The third-order valence-electron chi connectivity index (χ3n) is 3.13. The first-order valence-electron chi connectivity index (χ1n) is 6.70. The average molecular weight is 330 g/mol. The zero-order chi connectivity index (χ0) is 16.3. The summed E-state index contributed by atoms with van der Waals surface area (Å²) in [5.74, 6) is 0.922. The molecule has 118 valence electrons. The van der Waals surface area contributed by atoms with Gasteiger partial charge in [-0.1, -0.05) is 12.1 Å². The van der Waals surface area contributed by atoms with Crippen LogP contribution in [0.15, 0.2) is 66.2 Å². The van der Waals surface area contributed by atoms with E-state index in [4.69, 9.17) is 4.74 Å². The minimum absolute atomic E-state index is 0.0705. The normalized spacial score (nSPS) is 11.2. The second-order valence-electron chi connectivity index (χ2n) is 4.63. The average Bonchev–Trinajstić information content (AvgIpc) is 3.09. The summed E-state index contributed by atoms with van der Waals surface area (Å²) in [7, 11) is -2.33. The number of para-hydroxylation sites is 1. The largest absolute Gasteiger partial charge is 0.495 e. The number of aromatic nitrogens is 3. The van der Waals surface area contributed by atoms with Crippen LogP contribution in [0.1, 0.15) is 0 Å². The van der Waals surface area contributed by atoms with Crippen LogP contribution < -0.4 is 9.46 Å². The van der Waals surface area contributed by atoms with Crippen molar-refractivity contribution in [3.05, 3.63) is 61.3 Å². The minimum atomic E-state index is -3.76.